The first kappa shape index (κ1) is 22.2. The van der Waals surface area contributed by atoms with Crippen LogP contribution in [0.4, 0.5) is 5.69 Å². The number of hydrogen-bond donors (Lipinski definition) is 1. The number of anilines is 1. The first-order valence-electron chi connectivity index (χ1n) is 10.6. The molecule has 1 N–H and O–H groups in total. The first-order chi connectivity index (χ1) is 15.5. The molecule has 0 bridgehead atoms. The number of benzene rings is 2. The second-order valence-corrected chi connectivity index (χ2v) is 9.75. The van der Waals surface area contributed by atoms with Crippen LogP contribution in [-0.4, -0.2) is 64.2 Å². The van der Waals surface area contributed by atoms with Gasteiger partial charge in [-0.05, 0) is 42.8 Å². The Kier molecular flexibility index (Phi) is 6.66. The van der Waals surface area contributed by atoms with Crippen LogP contribution in [0.15, 0.2) is 59.0 Å². The van der Waals surface area contributed by atoms with Crippen LogP contribution in [0.3, 0.4) is 0 Å². The van der Waals surface area contributed by atoms with Gasteiger partial charge < -0.3 is 19.4 Å². The quantitative estimate of drug-likeness (QED) is 0.523. The summed E-state index contributed by atoms with van der Waals surface area (Å²) in [5.41, 5.74) is 1.70. The molecule has 4 rings (SSSR count). The lowest BCUT2D eigenvalue weighted by molar-refractivity contribution is 0.0928. The van der Waals surface area contributed by atoms with Gasteiger partial charge in [0.15, 0.2) is 5.76 Å². The molecule has 1 saturated heterocycles. The molecule has 2 aromatic carbocycles. The molecule has 2 heterocycles. The molecule has 1 fully saturated rings. The van der Waals surface area contributed by atoms with E-state index < -0.39 is 10.0 Å². The number of para-hydroxylation sites is 1. The Morgan fingerprint density at radius 3 is 2.47 bits per heavy atom. The largest absolute Gasteiger partial charge is 0.497 e. The fraction of sp³-hybridized carbons (Fsp3) is 0.348. The number of carbonyl (C=O) groups is 1. The molecular formula is C23H27N3O5S. The number of nitrogens with zero attached hydrogens (tertiary/aromatic N) is 2. The van der Waals surface area contributed by atoms with Crippen molar-refractivity contribution in [1.82, 2.24) is 9.62 Å². The van der Waals surface area contributed by atoms with Crippen LogP contribution in [0, 0.1) is 0 Å². The molecular weight excluding hydrogens is 430 g/mol. The summed E-state index contributed by atoms with van der Waals surface area (Å²) >= 11 is 0. The van der Waals surface area contributed by atoms with Crippen molar-refractivity contribution in [1.29, 1.82) is 0 Å². The minimum absolute atomic E-state index is 0.00402. The van der Waals surface area contributed by atoms with E-state index in [0.717, 1.165) is 16.8 Å². The molecule has 0 aliphatic carbocycles. The number of hydrogen-bond acceptors (Lipinski definition) is 6. The Bertz CT molecular complexity index is 1130. The van der Waals surface area contributed by atoms with Gasteiger partial charge in [-0.15, -0.1) is 0 Å². The van der Waals surface area contributed by atoms with Crippen molar-refractivity contribution in [3.8, 4) is 5.75 Å². The predicted octanol–water partition coefficient (Wildman–Crippen LogP) is 2.71. The van der Waals surface area contributed by atoms with Gasteiger partial charge in [0.2, 0.25) is 10.0 Å². The lowest BCUT2D eigenvalue weighted by Crippen LogP contribution is -2.49. The molecule has 8 nitrogen and oxygen atoms in total. The summed E-state index contributed by atoms with van der Waals surface area (Å²) in [4.78, 5) is 14.4. The van der Waals surface area contributed by atoms with E-state index in [1.165, 1.54) is 4.31 Å². The molecule has 0 radical (unpaired) electrons. The van der Waals surface area contributed by atoms with Crippen LogP contribution in [0.5, 0.6) is 5.75 Å². The van der Waals surface area contributed by atoms with Crippen molar-refractivity contribution in [3.63, 3.8) is 0 Å². The second-order valence-electron chi connectivity index (χ2n) is 7.66. The lowest BCUT2D eigenvalue weighted by Gasteiger charge is -2.35. The van der Waals surface area contributed by atoms with Gasteiger partial charge in [0.05, 0.1) is 12.9 Å². The van der Waals surface area contributed by atoms with Crippen molar-refractivity contribution in [2.45, 2.75) is 6.42 Å². The van der Waals surface area contributed by atoms with E-state index in [-0.39, 0.29) is 24.0 Å². The molecule has 1 amide bonds. The summed E-state index contributed by atoms with van der Waals surface area (Å²) in [7, 11) is -1.74. The summed E-state index contributed by atoms with van der Waals surface area (Å²) in [5.74, 6) is 0.674. The topological polar surface area (TPSA) is 92.1 Å². The highest BCUT2D eigenvalue weighted by atomic mass is 32.2. The second kappa shape index (κ2) is 9.62. The Hall–Kier alpha value is -3.04. The van der Waals surface area contributed by atoms with Crippen LogP contribution < -0.4 is 15.0 Å². The maximum Gasteiger partial charge on any atom is 0.287 e. The summed E-state index contributed by atoms with van der Waals surface area (Å²) in [6, 6.07) is 16.8. The number of sulfonamides is 1. The number of rotatable bonds is 8. The van der Waals surface area contributed by atoms with E-state index in [2.05, 4.69) is 10.2 Å². The standard InChI is InChI=1S/C23H27N3O5S/c1-30-20-9-7-19(8-10-20)25-12-14-26(15-13-25)32(28,29)16-4-11-24-23(27)22-17-18-5-2-3-6-21(18)31-22/h2-3,5-10,17H,4,11-16H2,1H3,(H,24,27). The van der Waals surface area contributed by atoms with Crippen LogP contribution in [0.1, 0.15) is 17.0 Å². The number of piperazine rings is 1. The number of amides is 1. The normalized spacial score (nSPS) is 15.1. The monoisotopic (exact) mass is 457 g/mol. The Morgan fingerprint density at radius 1 is 1.06 bits per heavy atom. The van der Waals surface area contributed by atoms with E-state index in [1.807, 2.05) is 42.5 Å². The number of fused-ring (bicyclic) bond motifs is 1. The van der Waals surface area contributed by atoms with Crippen molar-refractivity contribution < 1.29 is 22.4 Å². The Labute approximate surface area is 187 Å². The fourth-order valence-corrected chi connectivity index (χ4v) is 5.27. The zero-order valence-electron chi connectivity index (χ0n) is 18.0. The van der Waals surface area contributed by atoms with Gasteiger partial charge in [0.25, 0.3) is 5.91 Å². The maximum absolute atomic E-state index is 12.7. The van der Waals surface area contributed by atoms with Crippen molar-refractivity contribution >= 4 is 32.6 Å². The predicted molar refractivity (Wildman–Crippen MR) is 124 cm³/mol. The summed E-state index contributed by atoms with van der Waals surface area (Å²) in [6.07, 6.45) is 0.340. The van der Waals surface area contributed by atoms with E-state index >= 15 is 0 Å². The molecule has 9 heteroatoms. The molecule has 0 unspecified atom stereocenters. The van der Waals surface area contributed by atoms with E-state index in [1.54, 1.807) is 19.2 Å². The first-order valence-corrected chi connectivity index (χ1v) is 12.2. The molecule has 170 valence electrons. The Morgan fingerprint density at radius 2 is 1.78 bits per heavy atom. The van der Waals surface area contributed by atoms with Crippen molar-refractivity contribution in [3.05, 3.63) is 60.4 Å². The van der Waals surface area contributed by atoms with Crippen LogP contribution in [-0.2, 0) is 10.0 Å². The highest BCUT2D eigenvalue weighted by molar-refractivity contribution is 7.89. The van der Waals surface area contributed by atoms with Crippen LogP contribution in [0.25, 0.3) is 11.0 Å². The molecule has 1 aliphatic rings. The lowest BCUT2D eigenvalue weighted by atomic mass is 10.2. The number of nitrogens with one attached hydrogen (secondary N) is 1. The highest BCUT2D eigenvalue weighted by Crippen LogP contribution is 2.21. The number of ether oxygens (including phenoxy) is 1. The van der Waals surface area contributed by atoms with Gasteiger partial charge in [-0.2, -0.15) is 4.31 Å². The van der Waals surface area contributed by atoms with Gasteiger partial charge in [-0.1, -0.05) is 18.2 Å². The molecule has 1 aliphatic heterocycles. The van der Waals surface area contributed by atoms with Crippen molar-refractivity contribution in [2.24, 2.45) is 0 Å². The van der Waals surface area contributed by atoms with Crippen LogP contribution in [0.2, 0.25) is 0 Å². The molecule has 0 atom stereocenters. The van der Waals surface area contributed by atoms with Gasteiger partial charge in [0.1, 0.15) is 11.3 Å². The van der Waals surface area contributed by atoms with Gasteiger partial charge in [-0.3, -0.25) is 4.79 Å². The third kappa shape index (κ3) is 5.05. The third-order valence-corrected chi connectivity index (χ3v) is 7.54. The third-order valence-electron chi connectivity index (χ3n) is 5.58. The molecule has 0 saturated carbocycles. The van der Waals surface area contributed by atoms with Crippen molar-refractivity contribution in [2.75, 3.05) is 50.5 Å². The number of methoxy groups -OCH3 is 1. The Balaban J connectivity index is 1.22. The number of carbonyl (C=O) groups excluding carboxylic acids is 1. The number of furan rings is 1. The zero-order valence-corrected chi connectivity index (χ0v) is 18.8. The van der Waals surface area contributed by atoms with Crippen LogP contribution >= 0.6 is 0 Å². The average Bonchev–Trinajstić information content (AvgIpc) is 3.26. The molecule has 3 aromatic rings. The van der Waals surface area contributed by atoms with Gasteiger partial charge in [0, 0.05) is 43.8 Å². The molecule has 1 aromatic heterocycles. The smallest absolute Gasteiger partial charge is 0.287 e. The minimum atomic E-state index is -3.37. The van der Waals surface area contributed by atoms with Gasteiger partial charge >= 0.3 is 0 Å². The molecule has 0 spiro atoms. The van der Waals surface area contributed by atoms with E-state index in [9.17, 15) is 13.2 Å². The summed E-state index contributed by atoms with van der Waals surface area (Å²) in [6.45, 7) is 2.42. The highest BCUT2D eigenvalue weighted by Gasteiger charge is 2.26. The van der Waals surface area contributed by atoms with Gasteiger partial charge in [-0.25, -0.2) is 8.42 Å². The maximum atomic E-state index is 12.7. The van der Waals surface area contributed by atoms with E-state index in [4.69, 9.17) is 9.15 Å². The molecule has 32 heavy (non-hydrogen) atoms. The van der Waals surface area contributed by atoms with E-state index in [0.29, 0.717) is 38.2 Å². The minimum Gasteiger partial charge on any atom is -0.497 e. The summed E-state index contributed by atoms with van der Waals surface area (Å²) in [5, 5.41) is 3.59. The zero-order chi connectivity index (χ0) is 22.6. The SMILES string of the molecule is COc1ccc(N2CCN(S(=O)(=O)CCCNC(=O)c3cc4ccccc4o3)CC2)cc1. The summed E-state index contributed by atoms with van der Waals surface area (Å²) < 4.78 is 37.7. The fourth-order valence-electron chi connectivity index (χ4n) is 3.78. The average molecular weight is 458 g/mol.